The Morgan fingerprint density at radius 1 is 1.35 bits per heavy atom. The predicted molar refractivity (Wildman–Crippen MR) is 70.6 cm³/mol. The summed E-state index contributed by atoms with van der Waals surface area (Å²) >= 11 is 0. The minimum Gasteiger partial charge on any atom is -0.373 e. The molecule has 0 unspecified atom stereocenters. The van der Waals surface area contributed by atoms with Crippen LogP contribution in [-0.2, 0) is 12.0 Å². The lowest BCUT2D eigenvalue weighted by atomic mass is 9.79. The monoisotopic (exact) mass is 228 g/mol. The molecule has 0 fully saturated rings. The molecule has 1 aliphatic rings. The highest BCUT2D eigenvalue weighted by atomic mass is 16.3. The summed E-state index contributed by atoms with van der Waals surface area (Å²) in [5, 5.41) is 10.6. The zero-order chi connectivity index (χ0) is 12.1. The maximum Gasteiger partial charge on any atom is 0.151 e. The highest BCUT2D eigenvalue weighted by Gasteiger charge is 2.31. The molecule has 0 saturated carbocycles. The van der Waals surface area contributed by atoms with Gasteiger partial charge in [-0.05, 0) is 36.8 Å². The van der Waals surface area contributed by atoms with Crippen LogP contribution in [0.5, 0.6) is 0 Å². The number of aryl methyl sites for hydroxylation is 1. The van der Waals surface area contributed by atoms with Gasteiger partial charge in [0.05, 0.1) is 0 Å². The lowest BCUT2D eigenvalue weighted by Gasteiger charge is -2.29. The van der Waals surface area contributed by atoms with E-state index in [-0.39, 0.29) is 0 Å². The second-order valence-electron chi connectivity index (χ2n) is 4.78. The van der Waals surface area contributed by atoms with Crippen LogP contribution in [0.3, 0.4) is 0 Å². The molecule has 0 amide bonds. The van der Waals surface area contributed by atoms with Gasteiger partial charge in [-0.15, -0.1) is 0 Å². The highest BCUT2D eigenvalue weighted by molar-refractivity contribution is 5.40. The first-order valence-corrected chi connectivity index (χ1v) is 6.57. The van der Waals surface area contributed by atoms with Crippen LogP contribution in [0.25, 0.3) is 0 Å². The molecular formula is C16H20O. The van der Waals surface area contributed by atoms with Crippen LogP contribution in [0.15, 0.2) is 24.3 Å². The molecule has 0 radical (unpaired) electrons. The molecule has 1 nitrogen and oxygen atoms in total. The summed E-state index contributed by atoms with van der Waals surface area (Å²) in [6.45, 7) is 2.16. The zero-order valence-corrected chi connectivity index (χ0v) is 10.5. The normalized spacial score (nSPS) is 22.5. The molecule has 0 bridgehead atoms. The highest BCUT2D eigenvalue weighted by Crippen LogP contribution is 2.34. The minimum absolute atomic E-state index is 0.767. The van der Waals surface area contributed by atoms with Crippen LogP contribution < -0.4 is 0 Å². The smallest absolute Gasteiger partial charge is 0.151 e. The van der Waals surface area contributed by atoms with E-state index in [0.29, 0.717) is 0 Å². The van der Waals surface area contributed by atoms with Gasteiger partial charge in [0, 0.05) is 6.42 Å². The first-order valence-electron chi connectivity index (χ1n) is 6.57. The van der Waals surface area contributed by atoms with Gasteiger partial charge in [0.1, 0.15) is 0 Å². The molecule has 1 aromatic carbocycles. The van der Waals surface area contributed by atoms with Crippen LogP contribution >= 0.6 is 0 Å². The molecule has 0 aromatic heterocycles. The second kappa shape index (κ2) is 5.38. The first-order chi connectivity index (χ1) is 8.26. The molecule has 2 rings (SSSR count). The van der Waals surface area contributed by atoms with Crippen molar-refractivity contribution in [3.05, 3.63) is 35.4 Å². The number of hydrogen-bond donors (Lipinski definition) is 1. The second-order valence-corrected chi connectivity index (χ2v) is 4.78. The first kappa shape index (κ1) is 12.2. The number of rotatable bonds is 2. The van der Waals surface area contributed by atoms with E-state index in [1.54, 1.807) is 0 Å². The summed E-state index contributed by atoms with van der Waals surface area (Å²) in [5.74, 6) is 6.23. The Balaban J connectivity index is 2.23. The summed E-state index contributed by atoms with van der Waals surface area (Å²) in [5.41, 5.74) is 1.38. The Labute approximate surface area is 104 Å². The maximum absolute atomic E-state index is 10.6. The number of aliphatic hydroxyl groups is 1. The van der Waals surface area contributed by atoms with Gasteiger partial charge in [0.25, 0.3) is 0 Å². The third-order valence-corrected chi connectivity index (χ3v) is 3.40. The van der Waals surface area contributed by atoms with Gasteiger partial charge in [0.2, 0.25) is 0 Å². The average molecular weight is 228 g/mol. The third-order valence-electron chi connectivity index (χ3n) is 3.40. The summed E-state index contributed by atoms with van der Waals surface area (Å²) in [6.07, 6.45) is 6.02. The Morgan fingerprint density at radius 3 is 3.00 bits per heavy atom. The van der Waals surface area contributed by atoms with E-state index in [0.717, 1.165) is 44.1 Å². The molecule has 1 N–H and O–H groups in total. The molecule has 0 spiro atoms. The molecule has 0 saturated heterocycles. The lowest BCUT2D eigenvalue weighted by molar-refractivity contribution is 0.0803. The minimum atomic E-state index is -0.900. The Kier molecular flexibility index (Phi) is 3.86. The van der Waals surface area contributed by atoms with E-state index in [9.17, 15) is 5.11 Å². The van der Waals surface area contributed by atoms with Crippen molar-refractivity contribution in [1.82, 2.24) is 0 Å². The van der Waals surface area contributed by atoms with Crippen molar-refractivity contribution < 1.29 is 5.11 Å². The van der Waals surface area contributed by atoms with E-state index in [1.807, 2.05) is 18.2 Å². The predicted octanol–water partition coefficient (Wildman–Crippen LogP) is 3.40. The van der Waals surface area contributed by atoms with Gasteiger partial charge in [-0.1, -0.05) is 49.5 Å². The topological polar surface area (TPSA) is 20.2 Å². The van der Waals surface area contributed by atoms with Crippen LogP contribution in [0.1, 0.15) is 50.2 Å². The Bertz CT molecular complexity index is 438. The standard InChI is InChI=1S/C16H20O/c1-2-3-4-7-12-16(17)13-8-10-14-9-5-6-11-15(14)16/h5-6,9,11,17H,2-4,8,10,13H2,1H3/t16-/m1/s1. The van der Waals surface area contributed by atoms with Crippen LogP contribution in [0.2, 0.25) is 0 Å². The van der Waals surface area contributed by atoms with Crippen LogP contribution in [0, 0.1) is 11.8 Å². The number of fused-ring (bicyclic) bond motifs is 1. The lowest BCUT2D eigenvalue weighted by Crippen LogP contribution is -2.28. The van der Waals surface area contributed by atoms with E-state index in [4.69, 9.17) is 0 Å². The molecule has 1 atom stereocenters. The van der Waals surface area contributed by atoms with Gasteiger partial charge in [-0.3, -0.25) is 0 Å². The molecule has 1 aliphatic carbocycles. The van der Waals surface area contributed by atoms with Crippen molar-refractivity contribution in [3.63, 3.8) is 0 Å². The molecule has 0 aliphatic heterocycles. The molecule has 17 heavy (non-hydrogen) atoms. The largest absolute Gasteiger partial charge is 0.373 e. The van der Waals surface area contributed by atoms with Crippen molar-refractivity contribution in [3.8, 4) is 11.8 Å². The maximum atomic E-state index is 10.6. The molecule has 90 valence electrons. The molecular weight excluding hydrogens is 208 g/mol. The molecule has 1 aromatic rings. The average Bonchev–Trinajstić information content (AvgIpc) is 2.36. The van der Waals surface area contributed by atoms with Crippen molar-refractivity contribution in [1.29, 1.82) is 0 Å². The van der Waals surface area contributed by atoms with Gasteiger partial charge >= 0.3 is 0 Å². The van der Waals surface area contributed by atoms with E-state index in [2.05, 4.69) is 24.8 Å². The van der Waals surface area contributed by atoms with E-state index < -0.39 is 5.60 Å². The fourth-order valence-corrected chi connectivity index (χ4v) is 2.41. The summed E-state index contributed by atoms with van der Waals surface area (Å²) in [6, 6.07) is 8.15. The van der Waals surface area contributed by atoms with Crippen molar-refractivity contribution in [2.45, 2.75) is 51.0 Å². The summed E-state index contributed by atoms with van der Waals surface area (Å²) in [7, 11) is 0. The third kappa shape index (κ3) is 2.70. The van der Waals surface area contributed by atoms with Crippen LogP contribution in [-0.4, -0.2) is 5.11 Å². The summed E-state index contributed by atoms with van der Waals surface area (Å²) < 4.78 is 0. The van der Waals surface area contributed by atoms with Crippen LogP contribution in [0.4, 0.5) is 0 Å². The summed E-state index contributed by atoms with van der Waals surface area (Å²) in [4.78, 5) is 0. The zero-order valence-electron chi connectivity index (χ0n) is 10.5. The Morgan fingerprint density at radius 2 is 2.18 bits per heavy atom. The SMILES string of the molecule is CCCCC#C[C@@]1(O)CCCc2ccccc21. The van der Waals surface area contributed by atoms with Gasteiger partial charge in [-0.2, -0.15) is 0 Å². The van der Waals surface area contributed by atoms with Gasteiger partial charge in [0.15, 0.2) is 5.60 Å². The molecule has 0 heterocycles. The number of benzene rings is 1. The van der Waals surface area contributed by atoms with Crippen molar-refractivity contribution >= 4 is 0 Å². The Hall–Kier alpha value is -1.26. The van der Waals surface area contributed by atoms with E-state index in [1.165, 1.54) is 5.56 Å². The van der Waals surface area contributed by atoms with Crippen molar-refractivity contribution in [2.24, 2.45) is 0 Å². The number of unbranched alkanes of at least 4 members (excludes halogenated alkanes) is 2. The molecule has 1 heteroatoms. The number of hydrogen-bond acceptors (Lipinski definition) is 1. The van der Waals surface area contributed by atoms with Crippen molar-refractivity contribution in [2.75, 3.05) is 0 Å². The van der Waals surface area contributed by atoms with Gasteiger partial charge < -0.3 is 5.11 Å². The fourth-order valence-electron chi connectivity index (χ4n) is 2.41. The van der Waals surface area contributed by atoms with Gasteiger partial charge in [-0.25, -0.2) is 0 Å². The quantitative estimate of drug-likeness (QED) is 0.607. The van der Waals surface area contributed by atoms with E-state index >= 15 is 0 Å². The fraction of sp³-hybridized carbons (Fsp3) is 0.500.